The van der Waals surface area contributed by atoms with Gasteiger partial charge >= 0.3 is 5.97 Å². The summed E-state index contributed by atoms with van der Waals surface area (Å²) in [7, 11) is 1.42. The Kier molecular flexibility index (Phi) is 2.96. The maximum atomic E-state index is 11.8. The van der Waals surface area contributed by atoms with Crippen molar-refractivity contribution in [1.29, 1.82) is 0 Å². The Morgan fingerprint density at radius 3 is 2.58 bits per heavy atom. The number of carbonyl (C=O) groups excluding carboxylic acids is 1. The summed E-state index contributed by atoms with van der Waals surface area (Å²) in [5, 5.41) is 0. The fourth-order valence-electron chi connectivity index (χ4n) is 2.97. The summed E-state index contributed by atoms with van der Waals surface area (Å²) in [6, 6.07) is 2.00. The smallest absolute Gasteiger partial charge is 0.341 e. The zero-order chi connectivity index (χ0) is 13.5. The number of esters is 1. The van der Waals surface area contributed by atoms with Crippen LogP contribution >= 0.6 is 0 Å². The molecule has 2 heterocycles. The molecule has 1 spiro atoms. The molecule has 1 aliphatic carbocycles. The minimum Gasteiger partial charge on any atom is -0.465 e. The molecule has 2 fully saturated rings. The highest BCUT2D eigenvalue weighted by Gasteiger charge is 2.44. The summed E-state index contributed by atoms with van der Waals surface area (Å²) in [5.41, 5.74) is 3.15. The van der Waals surface area contributed by atoms with Crippen LogP contribution in [-0.2, 0) is 4.74 Å². The van der Waals surface area contributed by atoms with Gasteiger partial charge < -0.3 is 9.64 Å². The number of ether oxygens (including phenoxy) is 1. The highest BCUT2D eigenvalue weighted by atomic mass is 16.5. The normalized spacial score (nSPS) is 20.4. The van der Waals surface area contributed by atoms with Gasteiger partial charge in [0.2, 0.25) is 0 Å². The molecule has 0 unspecified atom stereocenters. The number of pyridine rings is 1. The number of hydrogen-bond acceptors (Lipinski definition) is 4. The Labute approximate surface area is 113 Å². The molecule has 0 amide bonds. The molecule has 0 bridgehead atoms. The molecule has 1 aromatic rings. The second-order valence-corrected chi connectivity index (χ2v) is 5.82. The highest BCUT2D eigenvalue weighted by Crippen LogP contribution is 2.54. The van der Waals surface area contributed by atoms with Crippen LogP contribution in [0.5, 0.6) is 0 Å². The van der Waals surface area contributed by atoms with Crippen LogP contribution in [0, 0.1) is 12.3 Å². The highest BCUT2D eigenvalue weighted by molar-refractivity contribution is 5.95. The molecule has 4 nitrogen and oxygen atoms in total. The lowest BCUT2D eigenvalue weighted by molar-refractivity contribution is 0.0601. The number of nitrogens with zero attached hydrogens (tertiary/aromatic N) is 2. The lowest BCUT2D eigenvalue weighted by atomic mass is 9.93. The van der Waals surface area contributed by atoms with Crippen molar-refractivity contribution in [2.75, 3.05) is 25.1 Å². The molecule has 102 valence electrons. The van der Waals surface area contributed by atoms with Gasteiger partial charge in [-0.1, -0.05) is 0 Å². The van der Waals surface area contributed by atoms with Crippen LogP contribution in [0.15, 0.2) is 12.3 Å². The van der Waals surface area contributed by atoms with E-state index in [4.69, 9.17) is 4.74 Å². The van der Waals surface area contributed by atoms with Gasteiger partial charge in [0.15, 0.2) is 0 Å². The Morgan fingerprint density at radius 2 is 2.00 bits per heavy atom. The molecule has 2 aliphatic rings. The van der Waals surface area contributed by atoms with Crippen LogP contribution in [-0.4, -0.2) is 31.2 Å². The van der Waals surface area contributed by atoms with Crippen molar-refractivity contribution in [2.45, 2.75) is 32.6 Å². The number of piperidine rings is 1. The number of rotatable bonds is 2. The Bertz CT molecular complexity index is 499. The first-order valence-corrected chi connectivity index (χ1v) is 6.93. The van der Waals surface area contributed by atoms with Gasteiger partial charge in [0.1, 0.15) is 5.56 Å². The minimum atomic E-state index is -0.297. The third kappa shape index (κ3) is 2.31. The molecular formula is C15H20N2O2. The van der Waals surface area contributed by atoms with Crippen LogP contribution < -0.4 is 4.90 Å². The number of hydrogen-bond donors (Lipinski definition) is 0. The number of anilines is 1. The second-order valence-electron chi connectivity index (χ2n) is 5.82. The molecule has 0 aromatic carbocycles. The van der Waals surface area contributed by atoms with Crippen molar-refractivity contribution in [3.63, 3.8) is 0 Å². The minimum absolute atomic E-state index is 0.297. The summed E-state index contributed by atoms with van der Waals surface area (Å²) in [6.45, 7) is 4.03. The predicted octanol–water partition coefficient (Wildman–Crippen LogP) is 2.56. The number of aryl methyl sites for hydroxylation is 1. The molecule has 19 heavy (non-hydrogen) atoms. The average molecular weight is 260 g/mol. The lowest BCUT2D eigenvalue weighted by Gasteiger charge is -2.34. The maximum absolute atomic E-state index is 11.8. The molecule has 1 aromatic heterocycles. The van der Waals surface area contributed by atoms with Crippen molar-refractivity contribution < 1.29 is 9.53 Å². The molecule has 0 N–H and O–H groups in total. The van der Waals surface area contributed by atoms with Crippen molar-refractivity contribution in [2.24, 2.45) is 5.41 Å². The van der Waals surface area contributed by atoms with Gasteiger partial charge in [-0.25, -0.2) is 4.79 Å². The van der Waals surface area contributed by atoms with Gasteiger partial charge in [-0.2, -0.15) is 0 Å². The first-order chi connectivity index (χ1) is 9.13. The first kappa shape index (κ1) is 12.5. The third-order valence-electron chi connectivity index (χ3n) is 4.55. The number of methoxy groups -OCH3 is 1. The van der Waals surface area contributed by atoms with Crippen molar-refractivity contribution in [3.8, 4) is 0 Å². The second kappa shape index (κ2) is 4.51. The SMILES string of the molecule is COC(=O)c1cnc(C)cc1N1CCC2(CC1)CC2. The van der Waals surface area contributed by atoms with E-state index in [9.17, 15) is 4.79 Å². The third-order valence-corrected chi connectivity index (χ3v) is 4.55. The standard InChI is InChI=1S/C15H20N2O2/c1-11-9-13(12(10-16-11)14(18)19-2)17-7-5-15(3-4-15)6-8-17/h9-10H,3-8H2,1-2H3. The van der Waals surface area contributed by atoms with Gasteiger partial charge in [0.05, 0.1) is 12.8 Å². The van der Waals surface area contributed by atoms with E-state index in [-0.39, 0.29) is 5.97 Å². The van der Waals surface area contributed by atoms with Crippen LogP contribution in [0.25, 0.3) is 0 Å². The van der Waals surface area contributed by atoms with E-state index in [1.54, 1.807) is 6.20 Å². The lowest BCUT2D eigenvalue weighted by Crippen LogP contribution is -2.35. The van der Waals surface area contributed by atoms with E-state index in [2.05, 4.69) is 9.88 Å². The zero-order valence-corrected chi connectivity index (χ0v) is 11.6. The van der Waals surface area contributed by atoms with Crippen molar-refractivity contribution in [1.82, 2.24) is 4.98 Å². The van der Waals surface area contributed by atoms with Gasteiger partial charge in [-0.05, 0) is 44.1 Å². The van der Waals surface area contributed by atoms with Crippen LogP contribution in [0.4, 0.5) is 5.69 Å². The van der Waals surface area contributed by atoms with Crippen molar-refractivity contribution in [3.05, 3.63) is 23.5 Å². The predicted molar refractivity (Wildman–Crippen MR) is 73.4 cm³/mol. The molecule has 4 heteroatoms. The van der Waals surface area contributed by atoms with E-state index >= 15 is 0 Å². The zero-order valence-electron chi connectivity index (χ0n) is 11.6. The molecule has 3 rings (SSSR count). The molecule has 0 atom stereocenters. The van der Waals surface area contributed by atoms with E-state index in [0.29, 0.717) is 11.0 Å². The van der Waals surface area contributed by atoms with Gasteiger partial charge in [-0.15, -0.1) is 0 Å². The Morgan fingerprint density at radius 1 is 1.32 bits per heavy atom. The largest absolute Gasteiger partial charge is 0.465 e. The van der Waals surface area contributed by atoms with E-state index in [1.165, 1.54) is 32.8 Å². The van der Waals surface area contributed by atoms with Gasteiger partial charge in [-0.3, -0.25) is 4.98 Å². The Hall–Kier alpha value is -1.58. The average Bonchev–Trinajstić information content (AvgIpc) is 3.18. The summed E-state index contributed by atoms with van der Waals surface area (Å²) >= 11 is 0. The molecule has 1 aliphatic heterocycles. The molecule has 1 saturated heterocycles. The van der Waals surface area contributed by atoms with Gasteiger partial charge in [0, 0.05) is 25.0 Å². The number of aromatic nitrogens is 1. The maximum Gasteiger partial charge on any atom is 0.341 e. The quantitative estimate of drug-likeness (QED) is 0.766. The molecule has 0 radical (unpaired) electrons. The van der Waals surface area contributed by atoms with Crippen LogP contribution in [0.2, 0.25) is 0 Å². The fourth-order valence-corrected chi connectivity index (χ4v) is 2.97. The topological polar surface area (TPSA) is 42.4 Å². The van der Waals surface area contributed by atoms with Crippen LogP contribution in [0.3, 0.4) is 0 Å². The number of carbonyl (C=O) groups is 1. The summed E-state index contributed by atoms with van der Waals surface area (Å²) < 4.78 is 4.86. The van der Waals surface area contributed by atoms with E-state index in [1.807, 2.05) is 13.0 Å². The molecular weight excluding hydrogens is 240 g/mol. The van der Waals surface area contributed by atoms with Crippen LogP contribution in [0.1, 0.15) is 41.7 Å². The first-order valence-electron chi connectivity index (χ1n) is 6.93. The Balaban J connectivity index is 1.86. The van der Waals surface area contributed by atoms with E-state index in [0.717, 1.165) is 24.5 Å². The molecule has 1 saturated carbocycles. The monoisotopic (exact) mass is 260 g/mol. The fraction of sp³-hybridized carbons (Fsp3) is 0.600. The van der Waals surface area contributed by atoms with Crippen molar-refractivity contribution >= 4 is 11.7 Å². The van der Waals surface area contributed by atoms with Gasteiger partial charge in [0.25, 0.3) is 0 Å². The summed E-state index contributed by atoms with van der Waals surface area (Å²) in [4.78, 5) is 18.4. The van der Waals surface area contributed by atoms with E-state index < -0.39 is 0 Å². The summed E-state index contributed by atoms with van der Waals surface area (Å²) in [6.07, 6.45) is 6.90. The summed E-state index contributed by atoms with van der Waals surface area (Å²) in [5.74, 6) is -0.297.